The third kappa shape index (κ3) is 7.98. The summed E-state index contributed by atoms with van der Waals surface area (Å²) in [5, 5.41) is 9.88. The molecule has 0 aliphatic heterocycles. The van der Waals surface area contributed by atoms with E-state index in [0.717, 1.165) is 23.3 Å². The number of nitrogens with zero attached hydrogens (tertiary/aromatic N) is 1. The van der Waals surface area contributed by atoms with E-state index >= 15 is 0 Å². The van der Waals surface area contributed by atoms with E-state index in [2.05, 4.69) is 198 Å². The van der Waals surface area contributed by atoms with Crippen molar-refractivity contribution in [2.45, 2.75) is 52.2 Å². The number of hydrogen-bond donors (Lipinski definition) is 0. The molecular weight excluding hydrogens is 777 g/mol. The lowest BCUT2D eigenvalue weighted by molar-refractivity contribution is -0.0000107. The van der Waals surface area contributed by atoms with E-state index in [1.54, 1.807) is 11.3 Å². The molecule has 1 atom stereocenters. The van der Waals surface area contributed by atoms with Crippen LogP contribution in [0.3, 0.4) is 0 Å². The Labute approximate surface area is 322 Å². The fourth-order valence-electron chi connectivity index (χ4n) is 7.25. The Kier molecular flexibility index (Phi) is 12.8. The van der Waals surface area contributed by atoms with Crippen LogP contribution in [0.4, 0.5) is 0 Å². The molecule has 2 nitrogen and oxygen atoms in total. The van der Waals surface area contributed by atoms with Gasteiger partial charge in [0.2, 0.25) is 0 Å². The number of benzene rings is 5. The van der Waals surface area contributed by atoms with Gasteiger partial charge in [0.15, 0.2) is 0 Å². The fraction of sp³-hybridized carbons (Fsp3) is 0.205. The summed E-state index contributed by atoms with van der Waals surface area (Å²) in [4.78, 5) is 4.85. The zero-order valence-electron chi connectivity index (χ0n) is 29.7. The lowest BCUT2D eigenvalue weighted by atomic mass is 10.1. The molecule has 0 bridgehead atoms. The predicted octanol–water partition coefficient (Wildman–Crippen LogP) is 6.19. The highest BCUT2D eigenvalue weighted by Gasteiger charge is 2.52. The van der Waals surface area contributed by atoms with Gasteiger partial charge in [0.1, 0.15) is 23.2 Å². The number of hydrogen-bond acceptors (Lipinski definition) is 3. The average molecular weight is 824 g/mol. The van der Waals surface area contributed by atoms with Gasteiger partial charge in [0.05, 0.1) is 23.0 Å². The van der Waals surface area contributed by atoms with E-state index in [0.29, 0.717) is 0 Å². The summed E-state index contributed by atoms with van der Waals surface area (Å²) < 4.78 is 7.98. The van der Waals surface area contributed by atoms with Gasteiger partial charge in [-0.3, -0.25) is 0 Å². The maximum Gasteiger partial charge on any atom is 0.261 e. The smallest absolute Gasteiger partial charge is 0.261 e. The van der Waals surface area contributed by atoms with Crippen LogP contribution in [0.2, 0.25) is 5.04 Å². The summed E-state index contributed by atoms with van der Waals surface area (Å²) in [6.45, 7) is 11.4. The molecular formula is C44H47INOPSSi. The van der Waals surface area contributed by atoms with E-state index in [-0.39, 0.29) is 35.1 Å². The summed E-state index contributed by atoms with van der Waals surface area (Å²) in [7, 11) is -4.95. The summed E-state index contributed by atoms with van der Waals surface area (Å²) >= 11 is 1.70. The maximum atomic E-state index is 7.98. The SMILES string of the molecule is CC(=Cc1csc(C)n1)[C@@H](CC[P+](c1ccccc1)(c1ccccc1)c1ccccc1)O[Si](c1ccccc1)(c1ccccc1)C(C)(C)C.[I-]. The van der Waals surface area contributed by atoms with Crippen LogP contribution in [0.5, 0.6) is 0 Å². The fourth-order valence-corrected chi connectivity index (χ4v) is 16.9. The highest BCUT2D eigenvalue weighted by atomic mass is 127. The van der Waals surface area contributed by atoms with E-state index in [1.807, 2.05) is 0 Å². The second-order valence-corrected chi connectivity index (χ2v) is 22.7. The number of thiazole rings is 1. The lowest BCUT2D eigenvalue weighted by Crippen LogP contribution is -3.00. The van der Waals surface area contributed by atoms with Crippen molar-refractivity contribution in [3.63, 3.8) is 0 Å². The zero-order valence-corrected chi connectivity index (χ0v) is 34.5. The summed E-state index contributed by atoms with van der Waals surface area (Å²) in [5.41, 5.74) is 2.22. The maximum absolute atomic E-state index is 7.98. The van der Waals surface area contributed by atoms with Gasteiger partial charge in [-0.25, -0.2) is 4.98 Å². The molecule has 256 valence electrons. The van der Waals surface area contributed by atoms with Gasteiger partial charge in [0.25, 0.3) is 8.32 Å². The Balaban J connectivity index is 0.00000486. The minimum absolute atomic E-state index is 0. The number of aryl methyl sites for hydroxylation is 1. The quantitative estimate of drug-likeness (QED) is 0.0836. The average Bonchev–Trinajstić information content (AvgIpc) is 3.55. The van der Waals surface area contributed by atoms with Crippen molar-refractivity contribution in [1.82, 2.24) is 4.98 Å². The second kappa shape index (κ2) is 16.9. The van der Waals surface area contributed by atoms with Gasteiger partial charge < -0.3 is 28.4 Å². The molecule has 0 aliphatic rings. The van der Waals surface area contributed by atoms with Crippen LogP contribution >= 0.6 is 18.6 Å². The first kappa shape index (κ1) is 38.0. The van der Waals surface area contributed by atoms with Crippen LogP contribution in [0.15, 0.2) is 163 Å². The lowest BCUT2D eigenvalue weighted by Gasteiger charge is -2.45. The third-order valence-electron chi connectivity index (χ3n) is 9.57. The van der Waals surface area contributed by atoms with Crippen LogP contribution < -0.4 is 50.3 Å². The minimum Gasteiger partial charge on any atom is -1.00 e. The Morgan fingerprint density at radius 3 is 1.46 bits per heavy atom. The van der Waals surface area contributed by atoms with E-state index in [9.17, 15) is 0 Å². The van der Waals surface area contributed by atoms with Crippen LogP contribution in [-0.4, -0.2) is 25.6 Å². The second-order valence-electron chi connectivity index (χ2n) is 13.8. The molecule has 0 amide bonds. The molecule has 0 fully saturated rings. The van der Waals surface area contributed by atoms with Crippen LogP contribution in [0.1, 0.15) is 44.8 Å². The molecule has 5 aromatic carbocycles. The highest BCUT2D eigenvalue weighted by Crippen LogP contribution is 2.56. The Hall–Kier alpha value is -3.19. The zero-order chi connectivity index (χ0) is 34.3. The first-order valence-corrected chi connectivity index (χ1v) is 21.9. The molecule has 0 N–H and O–H groups in total. The molecule has 0 radical (unpaired) electrons. The van der Waals surface area contributed by atoms with Gasteiger partial charge in [-0.2, -0.15) is 0 Å². The highest BCUT2D eigenvalue weighted by molar-refractivity contribution is 7.95. The van der Waals surface area contributed by atoms with Crippen molar-refractivity contribution in [2.24, 2.45) is 0 Å². The number of halogens is 1. The van der Waals surface area contributed by atoms with E-state index in [1.165, 1.54) is 31.9 Å². The Morgan fingerprint density at radius 2 is 1.10 bits per heavy atom. The molecule has 50 heavy (non-hydrogen) atoms. The number of rotatable bonds is 12. The van der Waals surface area contributed by atoms with Crippen molar-refractivity contribution >= 4 is 59.3 Å². The molecule has 0 saturated heterocycles. The summed E-state index contributed by atoms with van der Waals surface area (Å²) in [6, 6.07) is 55.7. The van der Waals surface area contributed by atoms with Crippen LogP contribution in [0.25, 0.3) is 6.08 Å². The summed E-state index contributed by atoms with van der Waals surface area (Å²) in [6.07, 6.45) is 3.96. The van der Waals surface area contributed by atoms with Crippen molar-refractivity contribution in [1.29, 1.82) is 0 Å². The van der Waals surface area contributed by atoms with Crippen LogP contribution in [-0.2, 0) is 4.43 Å². The van der Waals surface area contributed by atoms with Gasteiger partial charge in [-0.1, -0.05) is 136 Å². The van der Waals surface area contributed by atoms with Crippen LogP contribution in [0, 0.1) is 6.92 Å². The first-order valence-electron chi connectivity index (χ1n) is 17.2. The molecule has 0 aliphatic carbocycles. The van der Waals surface area contributed by atoms with Gasteiger partial charge in [-0.05, 0) is 77.3 Å². The predicted molar refractivity (Wildman–Crippen MR) is 218 cm³/mol. The monoisotopic (exact) mass is 823 g/mol. The topological polar surface area (TPSA) is 22.1 Å². The minimum atomic E-state index is -2.87. The van der Waals surface area contributed by atoms with Gasteiger partial charge in [0, 0.05) is 11.8 Å². The third-order valence-corrected chi connectivity index (χ3v) is 19.9. The van der Waals surface area contributed by atoms with Crippen molar-refractivity contribution < 1.29 is 28.4 Å². The van der Waals surface area contributed by atoms with E-state index < -0.39 is 15.6 Å². The normalized spacial score (nSPS) is 13.0. The van der Waals surface area contributed by atoms with Crippen molar-refractivity contribution in [3.05, 3.63) is 173 Å². The summed E-state index contributed by atoms with van der Waals surface area (Å²) in [5.74, 6) is 0. The van der Waals surface area contributed by atoms with Gasteiger partial charge in [-0.15, -0.1) is 11.3 Å². The number of aromatic nitrogens is 1. The van der Waals surface area contributed by atoms with Crippen molar-refractivity contribution in [3.8, 4) is 0 Å². The molecule has 1 heterocycles. The molecule has 0 unspecified atom stereocenters. The van der Waals surface area contributed by atoms with Crippen molar-refractivity contribution in [2.75, 3.05) is 6.16 Å². The molecule has 0 saturated carbocycles. The van der Waals surface area contributed by atoms with Gasteiger partial charge >= 0.3 is 0 Å². The Bertz CT molecular complexity index is 1810. The Morgan fingerprint density at radius 1 is 0.700 bits per heavy atom. The van der Waals surface area contributed by atoms with E-state index in [4.69, 9.17) is 9.41 Å². The first-order chi connectivity index (χ1) is 23.7. The molecule has 1 aromatic heterocycles. The largest absolute Gasteiger partial charge is 1.00 e. The molecule has 6 heteroatoms. The molecule has 0 spiro atoms. The molecule has 6 aromatic rings. The molecule has 6 rings (SSSR count). The standard InChI is InChI=1S/C44H47NOPSSi.HI/c1-35(33-37-34-48-36(2)45-37)43(46-49(44(3,4)5,41-27-17-9-18-28-41)42-29-19-10-20-30-42)31-32-47(38-21-11-6-12-22-38,39-23-13-7-14-24-39)40-25-15-8-16-26-40;/h6-30,33-34,43H,31-32H2,1-5H3;1H/q+1;/p-1/t43-;/m1./s1.